The van der Waals surface area contributed by atoms with Gasteiger partial charge in [0, 0.05) is 51.5 Å². The third kappa shape index (κ3) is 14.7. The summed E-state index contributed by atoms with van der Waals surface area (Å²) in [7, 11) is 8.44. The van der Waals surface area contributed by atoms with Crippen LogP contribution in [0, 0.1) is 23.7 Å². The molecule has 4 N–H and O–H groups in total. The van der Waals surface area contributed by atoms with Crippen molar-refractivity contribution in [2.45, 2.75) is 179 Å². The first-order chi connectivity index (χ1) is 30.0. The van der Waals surface area contributed by atoms with E-state index in [4.69, 9.17) is 56.9 Å². The van der Waals surface area contributed by atoms with Crippen LogP contribution in [0.15, 0.2) is 5.16 Å². The summed E-state index contributed by atoms with van der Waals surface area (Å²) in [6.07, 6.45) is -8.90. The van der Waals surface area contributed by atoms with Gasteiger partial charge in [0.05, 0.1) is 79.8 Å². The number of oxime groups is 1. The van der Waals surface area contributed by atoms with Gasteiger partial charge in [0.15, 0.2) is 12.6 Å². The highest BCUT2D eigenvalue weighted by Gasteiger charge is 2.54. The van der Waals surface area contributed by atoms with Crippen LogP contribution in [0.2, 0.25) is 0 Å². The third-order valence-electron chi connectivity index (χ3n) is 13.3. The Balaban J connectivity index is 2.18. The van der Waals surface area contributed by atoms with Gasteiger partial charge in [-0.25, -0.2) is 0 Å². The highest BCUT2D eigenvalue weighted by molar-refractivity contribution is 5.88. The topological polar surface area (TPSA) is 224 Å². The molecular formula is C45H84N2O17. The fourth-order valence-corrected chi connectivity index (χ4v) is 9.56. The normalized spacial score (nSPS) is 42.7. The Morgan fingerprint density at radius 1 is 0.828 bits per heavy atom. The van der Waals surface area contributed by atoms with Gasteiger partial charge in [0.1, 0.15) is 30.7 Å². The zero-order valence-corrected chi connectivity index (χ0v) is 41.2. The Morgan fingerprint density at radius 3 is 2.03 bits per heavy atom. The van der Waals surface area contributed by atoms with Crippen molar-refractivity contribution in [1.82, 2.24) is 4.90 Å². The first kappa shape index (κ1) is 56.7. The summed E-state index contributed by atoms with van der Waals surface area (Å²) in [5, 5.41) is 53.0. The van der Waals surface area contributed by atoms with Crippen molar-refractivity contribution in [3.05, 3.63) is 0 Å². The molecule has 64 heavy (non-hydrogen) atoms. The average Bonchev–Trinajstić information content (AvgIpc) is 3.23. The standard InChI is InChI=1S/C45H84N2O17/c1-16-33-45(10,52)38(49)28(4)35(46-59-25-57-20-18-54-14)26(2)22-43(8,51)39(64-42-36(48)32(47(11)12)21-27(3)60-42)29(5)37(30(6)41(50)62-33)63-34-23-44(9,55-15)40(31(7)61-34)58-24-56-19-17-53-13/h26-34,36-40,42,48-49,51-52H,16-25H2,1-15H3/b46-35+/t26-,27?,28+,29+,30-,31?,32?,33-,34?,36?,37+,38-,39-,40?,42?,43-,44?,45-/m1/s1. The summed E-state index contributed by atoms with van der Waals surface area (Å²) < 4.78 is 66.0. The molecular weight excluding hydrogens is 840 g/mol. The Labute approximate surface area is 381 Å². The lowest BCUT2D eigenvalue weighted by atomic mass is 9.73. The number of methoxy groups -OCH3 is 3. The van der Waals surface area contributed by atoms with E-state index in [2.05, 4.69) is 5.16 Å². The molecule has 3 aliphatic heterocycles. The van der Waals surface area contributed by atoms with E-state index in [1.807, 2.05) is 46.7 Å². The van der Waals surface area contributed by atoms with Crippen LogP contribution >= 0.6 is 0 Å². The van der Waals surface area contributed by atoms with Gasteiger partial charge in [-0.3, -0.25) is 4.79 Å². The second-order valence-electron chi connectivity index (χ2n) is 18.9. The van der Waals surface area contributed by atoms with Crippen molar-refractivity contribution in [2.75, 3.05) is 75.4 Å². The van der Waals surface area contributed by atoms with Crippen LogP contribution < -0.4 is 0 Å². The minimum atomic E-state index is -1.97. The van der Waals surface area contributed by atoms with Gasteiger partial charge < -0.3 is 82.3 Å². The summed E-state index contributed by atoms with van der Waals surface area (Å²) in [4.78, 5) is 22.0. The highest BCUT2D eigenvalue weighted by Crippen LogP contribution is 2.41. The molecule has 19 heteroatoms. The summed E-state index contributed by atoms with van der Waals surface area (Å²) >= 11 is 0. The van der Waals surface area contributed by atoms with Crippen molar-refractivity contribution < 1.29 is 82.2 Å². The quantitative estimate of drug-likeness (QED) is 0.0633. The Morgan fingerprint density at radius 2 is 1.45 bits per heavy atom. The lowest BCUT2D eigenvalue weighted by Crippen LogP contribution is -2.61. The molecule has 0 spiro atoms. The fraction of sp³-hybridized carbons (Fsp3) is 0.956. The molecule has 0 aromatic rings. The number of esters is 1. The van der Waals surface area contributed by atoms with Gasteiger partial charge in [-0.2, -0.15) is 0 Å². The van der Waals surface area contributed by atoms with E-state index in [1.165, 1.54) is 6.92 Å². The van der Waals surface area contributed by atoms with E-state index in [9.17, 15) is 25.2 Å². The maximum Gasteiger partial charge on any atom is 0.311 e. The lowest BCUT2D eigenvalue weighted by molar-refractivity contribution is -0.325. The van der Waals surface area contributed by atoms with Crippen molar-refractivity contribution >= 4 is 11.7 Å². The molecule has 0 saturated carbocycles. The summed E-state index contributed by atoms with van der Waals surface area (Å²) in [6.45, 7) is 18.4. The van der Waals surface area contributed by atoms with E-state index < -0.39 is 102 Å². The van der Waals surface area contributed by atoms with E-state index in [0.29, 0.717) is 32.0 Å². The number of aliphatic hydroxyl groups is 4. The predicted molar refractivity (Wildman–Crippen MR) is 234 cm³/mol. The van der Waals surface area contributed by atoms with Crippen LogP contribution in [0.4, 0.5) is 0 Å². The van der Waals surface area contributed by atoms with Crippen molar-refractivity contribution in [2.24, 2.45) is 28.8 Å². The first-order valence-corrected chi connectivity index (χ1v) is 22.8. The molecule has 0 aromatic heterocycles. The number of aliphatic hydroxyl groups excluding tert-OH is 2. The predicted octanol–water partition coefficient (Wildman–Crippen LogP) is 2.85. The van der Waals surface area contributed by atoms with E-state index >= 15 is 0 Å². The Kier molecular flexibility index (Phi) is 22.7. The van der Waals surface area contributed by atoms with Gasteiger partial charge in [0.25, 0.3) is 0 Å². The molecule has 3 rings (SSSR count). The molecule has 8 unspecified atom stereocenters. The molecule has 0 aliphatic carbocycles. The third-order valence-corrected chi connectivity index (χ3v) is 13.3. The van der Waals surface area contributed by atoms with Crippen LogP contribution in [0.1, 0.15) is 94.9 Å². The number of nitrogens with zero attached hydrogens (tertiary/aromatic N) is 2. The molecule has 0 radical (unpaired) electrons. The second-order valence-corrected chi connectivity index (χ2v) is 18.9. The number of likely N-dealkylation sites (N-methyl/N-ethyl adjacent to an activating group) is 1. The summed E-state index contributed by atoms with van der Waals surface area (Å²) in [5.41, 5.74) is -4.39. The number of cyclic esters (lactones) is 1. The molecule has 3 saturated heterocycles. The number of carbonyl (C=O) groups is 1. The molecule has 0 aromatic carbocycles. The second kappa shape index (κ2) is 25.6. The van der Waals surface area contributed by atoms with E-state index in [0.717, 1.165) is 0 Å². The maximum absolute atomic E-state index is 14.5. The van der Waals surface area contributed by atoms with Gasteiger partial charge in [-0.1, -0.05) is 32.9 Å². The SMILES string of the molecule is CC[C@H]1OC(=O)[C@H](C)[C@@H](OC2CC(C)(OC)C(OCOCCOC)C(C)O2)[C@H](C)[C@@H](OC2OC(C)CC(N(C)C)C2O)[C@](C)(O)C[C@@H](C)/C(=N\OCOCCOC)[C@H](C)[C@@H](O)[C@]1(C)O. The van der Waals surface area contributed by atoms with Crippen LogP contribution in [0.25, 0.3) is 0 Å². The van der Waals surface area contributed by atoms with Gasteiger partial charge in [-0.05, 0) is 74.9 Å². The van der Waals surface area contributed by atoms with E-state index in [1.54, 1.807) is 55.9 Å². The zero-order chi connectivity index (χ0) is 48.2. The van der Waals surface area contributed by atoms with Crippen LogP contribution in [0.5, 0.6) is 0 Å². The Hall–Kier alpha value is -1.66. The van der Waals surface area contributed by atoms with Crippen LogP contribution in [0.3, 0.4) is 0 Å². The number of carbonyl (C=O) groups excluding carboxylic acids is 1. The van der Waals surface area contributed by atoms with E-state index in [-0.39, 0.29) is 51.6 Å². The Bertz CT molecular complexity index is 1410. The van der Waals surface area contributed by atoms with Crippen LogP contribution in [-0.4, -0.2) is 197 Å². The molecule has 18 atom stereocenters. The fourth-order valence-electron chi connectivity index (χ4n) is 9.56. The first-order valence-electron chi connectivity index (χ1n) is 22.8. The molecule has 3 fully saturated rings. The van der Waals surface area contributed by atoms with Crippen molar-refractivity contribution in [3.63, 3.8) is 0 Å². The lowest BCUT2D eigenvalue weighted by Gasteiger charge is -2.49. The average molecular weight is 925 g/mol. The minimum Gasteiger partial charge on any atom is -0.459 e. The molecule has 0 bridgehead atoms. The van der Waals surface area contributed by atoms with Gasteiger partial charge in [-0.15, -0.1) is 0 Å². The number of rotatable bonds is 19. The van der Waals surface area contributed by atoms with Crippen molar-refractivity contribution in [1.29, 1.82) is 0 Å². The molecule has 376 valence electrons. The van der Waals surface area contributed by atoms with Gasteiger partial charge >= 0.3 is 5.97 Å². The maximum atomic E-state index is 14.5. The summed E-state index contributed by atoms with van der Waals surface area (Å²) in [6, 6.07) is -0.333. The van der Waals surface area contributed by atoms with Crippen molar-refractivity contribution in [3.8, 4) is 0 Å². The molecule has 3 heterocycles. The minimum absolute atomic E-state index is 0.0276. The summed E-state index contributed by atoms with van der Waals surface area (Å²) in [5.74, 6) is -4.15. The van der Waals surface area contributed by atoms with Crippen LogP contribution in [-0.2, 0) is 61.7 Å². The smallest absolute Gasteiger partial charge is 0.311 e. The highest BCUT2D eigenvalue weighted by atomic mass is 16.7. The molecule has 19 nitrogen and oxygen atoms in total. The number of ether oxygens (including phenoxy) is 11. The van der Waals surface area contributed by atoms with Gasteiger partial charge in [0.2, 0.25) is 6.79 Å². The zero-order valence-electron chi connectivity index (χ0n) is 41.2. The molecule has 0 amide bonds. The number of hydrogen-bond donors (Lipinski definition) is 4. The molecule has 3 aliphatic rings. The number of hydrogen-bond acceptors (Lipinski definition) is 19. The largest absolute Gasteiger partial charge is 0.459 e. The monoisotopic (exact) mass is 925 g/mol.